The van der Waals surface area contributed by atoms with E-state index < -0.39 is 0 Å². The number of aryl methyl sites for hydroxylation is 1. The van der Waals surface area contributed by atoms with Crippen LogP contribution in [0.2, 0.25) is 0 Å². The number of hydrogen-bond acceptors (Lipinski definition) is 2. The van der Waals surface area contributed by atoms with E-state index in [1.54, 1.807) is 7.11 Å². The van der Waals surface area contributed by atoms with Crippen LogP contribution < -0.4 is 4.90 Å². The van der Waals surface area contributed by atoms with Crippen molar-refractivity contribution in [2.75, 3.05) is 32.7 Å². The van der Waals surface area contributed by atoms with Gasteiger partial charge in [0.25, 0.3) is 0 Å². The van der Waals surface area contributed by atoms with Gasteiger partial charge in [0.1, 0.15) is 0 Å². The fourth-order valence-electron chi connectivity index (χ4n) is 2.23. The van der Waals surface area contributed by atoms with Gasteiger partial charge < -0.3 is 14.2 Å². The summed E-state index contributed by atoms with van der Waals surface area (Å²) in [5.74, 6) is 0. The van der Waals surface area contributed by atoms with Crippen LogP contribution in [-0.4, -0.2) is 32.4 Å². The quantitative estimate of drug-likeness (QED) is 0.819. The predicted molar refractivity (Wildman–Crippen MR) is 80.8 cm³/mol. The standard InChI is InChI=1S/C16H22N2O/c1-13-5-10-16(18(13)11-12-19-4)14-6-8-15(9-7-14)17(2)3/h5-10H,11-12H2,1-4H3. The summed E-state index contributed by atoms with van der Waals surface area (Å²) < 4.78 is 7.48. The summed E-state index contributed by atoms with van der Waals surface area (Å²) in [6.07, 6.45) is 0. The summed E-state index contributed by atoms with van der Waals surface area (Å²) in [6, 6.07) is 13.0. The van der Waals surface area contributed by atoms with Crippen LogP contribution in [0.25, 0.3) is 11.3 Å². The van der Waals surface area contributed by atoms with E-state index in [2.05, 4.69) is 66.9 Å². The van der Waals surface area contributed by atoms with E-state index in [-0.39, 0.29) is 0 Å². The molecule has 2 rings (SSSR count). The molecule has 1 aromatic carbocycles. The number of ether oxygens (including phenoxy) is 1. The van der Waals surface area contributed by atoms with Gasteiger partial charge in [0, 0.05) is 44.8 Å². The van der Waals surface area contributed by atoms with Crippen LogP contribution in [0.1, 0.15) is 5.69 Å². The molecule has 0 spiro atoms. The van der Waals surface area contributed by atoms with Gasteiger partial charge in [-0.3, -0.25) is 0 Å². The maximum Gasteiger partial charge on any atom is 0.0642 e. The monoisotopic (exact) mass is 258 g/mol. The van der Waals surface area contributed by atoms with E-state index in [0.29, 0.717) is 0 Å². The SMILES string of the molecule is COCCn1c(C)ccc1-c1ccc(N(C)C)cc1. The molecule has 0 radical (unpaired) electrons. The lowest BCUT2D eigenvalue weighted by molar-refractivity contribution is 0.187. The molecule has 0 fully saturated rings. The van der Waals surface area contributed by atoms with Crippen molar-refractivity contribution in [1.82, 2.24) is 4.57 Å². The minimum atomic E-state index is 0.734. The fourth-order valence-corrected chi connectivity index (χ4v) is 2.23. The summed E-state index contributed by atoms with van der Waals surface area (Å²) >= 11 is 0. The summed E-state index contributed by atoms with van der Waals surface area (Å²) in [4.78, 5) is 2.11. The Hall–Kier alpha value is -1.74. The Labute approximate surface area is 115 Å². The summed E-state index contributed by atoms with van der Waals surface area (Å²) in [5, 5.41) is 0. The van der Waals surface area contributed by atoms with Crippen molar-refractivity contribution in [2.45, 2.75) is 13.5 Å². The summed E-state index contributed by atoms with van der Waals surface area (Å²) in [7, 11) is 5.85. The maximum absolute atomic E-state index is 5.18. The molecule has 1 aromatic heterocycles. The van der Waals surface area contributed by atoms with Crippen molar-refractivity contribution in [3.8, 4) is 11.3 Å². The van der Waals surface area contributed by atoms with E-state index in [1.165, 1.54) is 22.6 Å². The number of aromatic nitrogens is 1. The maximum atomic E-state index is 5.18. The van der Waals surface area contributed by atoms with Crippen LogP contribution in [0, 0.1) is 6.92 Å². The average Bonchev–Trinajstić information content (AvgIpc) is 2.78. The van der Waals surface area contributed by atoms with Crippen molar-refractivity contribution in [3.05, 3.63) is 42.1 Å². The second-order valence-electron chi connectivity index (χ2n) is 4.95. The topological polar surface area (TPSA) is 17.4 Å². The zero-order chi connectivity index (χ0) is 13.8. The Morgan fingerprint density at radius 1 is 1.05 bits per heavy atom. The molecule has 19 heavy (non-hydrogen) atoms. The Morgan fingerprint density at radius 2 is 1.74 bits per heavy atom. The minimum absolute atomic E-state index is 0.734. The number of rotatable bonds is 5. The first-order valence-electron chi connectivity index (χ1n) is 6.56. The second kappa shape index (κ2) is 5.93. The number of benzene rings is 1. The molecule has 0 aliphatic carbocycles. The van der Waals surface area contributed by atoms with Crippen molar-refractivity contribution in [3.63, 3.8) is 0 Å². The number of anilines is 1. The minimum Gasteiger partial charge on any atom is -0.383 e. The van der Waals surface area contributed by atoms with Gasteiger partial charge in [0.15, 0.2) is 0 Å². The van der Waals surface area contributed by atoms with Crippen LogP contribution in [0.15, 0.2) is 36.4 Å². The van der Waals surface area contributed by atoms with Gasteiger partial charge in [-0.2, -0.15) is 0 Å². The molecule has 0 saturated heterocycles. The van der Waals surface area contributed by atoms with Crippen LogP contribution in [0.5, 0.6) is 0 Å². The molecule has 102 valence electrons. The smallest absolute Gasteiger partial charge is 0.0642 e. The van der Waals surface area contributed by atoms with Gasteiger partial charge in [-0.05, 0) is 36.8 Å². The van der Waals surface area contributed by atoms with Gasteiger partial charge in [0.05, 0.1) is 6.61 Å². The number of hydrogen-bond donors (Lipinski definition) is 0. The highest BCUT2D eigenvalue weighted by molar-refractivity contribution is 5.64. The van der Waals surface area contributed by atoms with Gasteiger partial charge in [-0.1, -0.05) is 12.1 Å². The van der Waals surface area contributed by atoms with E-state index in [1.807, 2.05) is 0 Å². The molecule has 0 unspecified atom stereocenters. The number of methoxy groups -OCH3 is 1. The van der Waals surface area contributed by atoms with E-state index >= 15 is 0 Å². The lowest BCUT2D eigenvalue weighted by Gasteiger charge is -2.14. The second-order valence-corrected chi connectivity index (χ2v) is 4.95. The molecule has 3 nitrogen and oxygen atoms in total. The fraction of sp³-hybridized carbons (Fsp3) is 0.375. The Kier molecular flexibility index (Phi) is 4.27. The first kappa shape index (κ1) is 13.7. The Balaban J connectivity index is 2.30. The predicted octanol–water partition coefficient (Wildman–Crippen LogP) is 3.18. The molecule has 0 amide bonds. The van der Waals surface area contributed by atoms with Crippen molar-refractivity contribution in [1.29, 1.82) is 0 Å². The largest absolute Gasteiger partial charge is 0.383 e. The molecule has 1 heterocycles. The van der Waals surface area contributed by atoms with Crippen LogP contribution >= 0.6 is 0 Å². The highest BCUT2D eigenvalue weighted by Crippen LogP contribution is 2.24. The van der Waals surface area contributed by atoms with Crippen LogP contribution in [-0.2, 0) is 11.3 Å². The highest BCUT2D eigenvalue weighted by atomic mass is 16.5. The van der Waals surface area contributed by atoms with Gasteiger partial charge in [-0.25, -0.2) is 0 Å². The molecule has 0 bridgehead atoms. The average molecular weight is 258 g/mol. The van der Waals surface area contributed by atoms with Crippen LogP contribution in [0.4, 0.5) is 5.69 Å². The van der Waals surface area contributed by atoms with Gasteiger partial charge in [-0.15, -0.1) is 0 Å². The van der Waals surface area contributed by atoms with Crippen molar-refractivity contribution >= 4 is 5.69 Å². The molecule has 0 saturated carbocycles. The highest BCUT2D eigenvalue weighted by Gasteiger charge is 2.07. The zero-order valence-corrected chi connectivity index (χ0v) is 12.2. The molecular weight excluding hydrogens is 236 g/mol. The van der Waals surface area contributed by atoms with Gasteiger partial charge >= 0.3 is 0 Å². The van der Waals surface area contributed by atoms with Gasteiger partial charge in [0.2, 0.25) is 0 Å². The Bertz CT molecular complexity index is 526. The molecule has 3 heteroatoms. The van der Waals surface area contributed by atoms with E-state index in [4.69, 9.17) is 4.74 Å². The van der Waals surface area contributed by atoms with E-state index in [9.17, 15) is 0 Å². The summed E-state index contributed by atoms with van der Waals surface area (Å²) in [5.41, 5.74) is 4.98. The normalized spacial score (nSPS) is 10.7. The molecule has 0 aliphatic rings. The zero-order valence-electron chi connectivity index (χ0n) is 12.2. The molecule has 0 atom stereocenters. The molecular formula is C16H22N2O. The third-order valence-electron chi connectivity index (χ3n) is 3.40. The first-order chi connectivity index (χ1) is 9.13. The van der Waals surface area contributed by atoms with Crippen molar-refractivity contribution in [2.24, 2.45) is 0 Å². The third-order valence-corrected chi connectivity index (χ3v) is 3.40. The van der Waals surface area contributed by atoms with Crippen LogP contribution in [0.3, 0.4) is 0 Å². The lowest BCUT2D eigenvalue weighted by Crippen LogP contribution is -2.09. The number of nitrogens with zero attached hydrogens (tertiary/aromatic N) is 2. The van der Waals surface area contributed by atoms with Crippen molar-refractivity contribution < 1.29 is 4.74 Å². The molecule has 2 aromatic rings. The Morgan fingerprint density at radius 3 is 2.32 bits per heavy atom. The lowest BCUT2D eigenvalue weighted by atomic mass is 10.1. The third kappa shape index (κ3) is 2.99. The molecule has 0 aliphatic heterocycles. The summed E-state index contributed by atoms with van der Waals surface area (Å²) in [6.45, 7) is 3.76. The first-order valence-corrected chi connectivity index (χ1v) is 6.56. The van der Waals surface area contributed by atoms with E-state index in [0.717, 1.165) is 13.2 Å². The molecule has 0 N–H and O–H groups in total.